The Kier molecular flexibility index (Phi) is 14.9. The van der Waals surface area contributed by atoms with Crippen LogP contribution in [-0.4, -0.2) is 68.8 Å². The van der Waals surface area contributed by atoms with Crippen molar-refractivity contribution < 1.29 is 31.8 Å². The van der Waals surface area contributed by atoms with Crippen molar-refractivity contribution in [2.75, 3.05) is 39.5 Å². The number of carbonyl (C=O) groups is 2. The van der Waals surface area contributed by atoms with Gasteiger partial charge in [0.15, 0.2) is 5.78 Å². The lowest BCUT2D eigenvalue weighted by molar-refractivity contribution is -0.890. The van der Waals surface area contributed by atoms with Crippen LogP contribution in [0.15, 0.2) is 12.2 Å². The van der Waals surface area contributed by atoms with E-state index in [0.29, 0.717) is 30.4 Å². The second kappa shape index (κ2) is 15.6. The minimum Gasteiger partial charge on any atom is -0.457 e. The summed E-state index contributed by atoms with van der Waals surface area (Å²) in [4.78, 5) is 23.5. The molecule has 0 aromatic carbocycles. The molecule has 170 valence electrons. The largest absolute Gasteiger partial charge is 0.457 e. The number of hydrogen-bond acceptors (Lipinski definition) is 5. The van der Waals surface area contributed by atoms with E-state index in [1.165, 1.54) is 44.3 Å². The first-order valence-corrected chi connectivity index (χ1v) is 12.3. The van der Waals surface area contributed by atoms with Gasteiger partial charge in [-0.25, -0.2) is 4.79 Å². The third kappa shape index (κ3) is 19.8. The summed E-state index contributed by atoms with van der Waals surface area (Å²) in [6.45, 7) is 3.42. The molecule has 0 atom stereocenters. The number of hydrogen-bond donors (Lipinski definition) is 1. The zero-order chi connectivity index (χ0) is 22.2. The van der Waals surface area contributed by atoms with Crippen molar-refractivity contribution in [3.8, 4) is 0 Å². The van der Waals surface area contributed by atoms with E-state index in [1.807, 2.05) is 14.1 Å². The normalized spacial score (nSPS) is 12.4. The van der Waals surface area contributed by atoms with Crippen molar-refractivity contribution in [2.24, 2.45) is 0 Å². The second-order valence-electron chi connectivity index (χ2n) is 8.21. The molecule has 0 aliphatic rings. The minimum atomic E-state index is -3.95. The predicted molar refractivity (Wildman–Crippen MR) is 115 cm³/mol. The Labute approximate surface area is 176 Å². The molecule has 1 N–H and O–H groups in total. The molecule has 0 saturated heterocycles. The number of ketones is 1. The summed E-state index contributed by atoms with van der Waals surface area (Å²) in [6.07, 6.45) is 12.6. The molecule has 0 saturated carbocycles. The number of carbonyl (C=O) groups excluding carboxylic acids is 2. The number of rotatable bonds is 18. The van der Waals surface area contributed by atoms with Gasteiger partial charge in [-0.05, 0) is 12.5 Å². The molecule has 0 aliphatic carbocycles. The van der Waals surface area contributed by atoms with Gasteiger partial charge < -0.3 is 9.22 Å². The number of unbranched alkanes of at least 4 members (excludes halogenated alkanes) is 7. The van der Waals surface area contributed by atoms with Gasteiger partial charge in [-0.1, -0.05) is 51.9 Å². The van der Waals surface area contributed by atoms with E-state index in [-0.39, 0.29) is 18.1 Å². The minimum absolute atomic E-state index is 0.0609. The van der Waals surface area contributed by atoms with E-state index in [9.17, 15) is 18.0 Å². The lowest BCUT2D eigenvalue weighted by Crippen LogP contribution is -2.43. The van der Waals surface area contributed by atoms with Gasteiger partial charge in [-0.3, -0.25) is 9.35 Å². The van der Waals surface area contributed by atoms with E-state index in [2.05, 4.69) is 6.92 Å². The van der Waals surface area contributed by atoms with Crippen LogP contribution in [-0.2, 0) is 24.4 Å². The highest BCUT2D eigenvalue weighted by Crippen LogP contribution is 2.10. The van der Waals surface area contributed by atoms with E-state index in [1.54, 1.807) is 0 Å². The molecule has 0 aromatic heterocycles. The zero-order valence-electron chi connectivity index (χ0n) is 18.4. The number of ether oxygens (including phenoxy) is 1. The fraction of sp³-hybridized carbons (Fsp3) is 0.810. The van der Waals surface area contributed by atoms with Crippen LogP contribution in [0.3, 0.4) is 0 Å². The summed E-state index contributed by atoms with van der Waals surface area (Å²) in [5.41, 5.74) is 0. The highest BCUT2D eigenvalue weighted by atomic mass is 32.2. The van der Waals surface area contributed by atoms with Gasteiger partial charge in [0.1, 0.15) is 13.2 Å². The van der Waals surface area contributed by atoms with Crippen LogP contribution in [0, 0.1) is 0 Å². The summed E-state index contributed by atoms with van der Waals surface area (Å²) in [7, 11) is -0.168. The number of nitrogens with zero attached hydrogens (tertiary/aromatic N) is 1. The maximum absolute atomic E-state index is 11.8. The molecule has 0 radical (unpaired) electrons. The van der Waals surface area contributed by atoms with Crippen LogP contribution in [0.5, 0.6) is 0 Å². The quantitative estimate of drug-likeness (QED) is 0.116. The van der Waals surface area contributed by atoms with Crippen LogP contribution in [0.1, 0.15) is 71.1 Å². The lowest BCUT2D eigenvalue weighted by atomic mass is 10.1. The van der Waals surface area contributed by atoms with Crippen molar-refractivity contribution >= 4 is 21.9 Å². The summed E-state index contributed by atoms with van der Waals surface area (Å²) in [5.74, 6) is -0.889. The van der Waals surface area contributed by atoms with Gasteiger partial charge in [-0.2, -0.15) is 8.42 Å². The van der Waals surface area contributed by atoms with Crippen molar-refractivity contribution in [1.29, 1.82) is 0 Å². The standard InChI is InChI=1S/C21H39NO6S/c1-4-5-6-7-8-9-10-11-13-20(23)14-15-21(24)28-18-17-22(2,3)16-12-19-29(25,26)27/h14-15H,4-13,16-19H2,1-3H3/p+1/b15-14-. The molecule has 0 rings (SSSR count). The molecule has 0 aromatic rings. The van der Waals surface area contributed by atoms with Gasteiger partial charge in [-0.15, -0.1) is 0 Å². The Morgan fingerprint density at radius 1 is 0.897 bits per heavy atom. The Hall–Kier alpha value is -1.25. The Bertz CT molecular complexity index is 598. The van der Waals surface area contributed by atoms with Crippen LogP contribution >= 0.6 is 0 Å². The summed E-state index contributed by atoms with van der Waals surface area (Å²) < 4.78 is 35.8. The summed E-state index contributed by atoms with van der Waals surface area (Å²) in [6, 6.07) is 0. The fourth-order valence-corrected chi connectivity index (χ4v) is 3.40. The molecular formula is C21H40NO6S+. The van der Waals surface area contributed by atoms with Crippen molar-refractivity contribution in [1.82, 2.24) is 0 Å². The van der Waals surface area contributed by atoms with Gasteiger partial charge in [0.25, 0.3) is 10.1 Å². The maximum Gasteiger partial charge on any atom is 0.331 e. The van der Waals surface area contributed by atoms with E-state index < -0.39 is 16.1 Å². The molecule has 0 unspecified atom stereocenters. The molecule has 0 fully saturated rings. The van der Waals surface area contributed by atoms with E-state index in [0.717, 1.165) is 19.3 Å². The third-order valence-corrected chi connectivity index (χ3v) is 5.59. The average Bonchev–Trinajstić information content (AvgIpc) is 2.60. The first kappa shape index (κ1) is 27.8. The molecule has 0 aliphatic heterocycles. The molecule has 0 amide bonds. The topological polar surface area (TPSA) is 97.7 Å². The van der Waals surface area contributed by atoms with Gasteiger partial charge in [0.2, 0.25) is 0 Å². The van der Waals surface area contributed by atoms with Gasteiger partial charge in [0.05, 0.1) is 26.4 Å². The Morgan fingerprint density at radius 3 is 2.07 bits per heavy atom. The van der Waals surface area contributed by atoms with Crippen molar-refractivity contribution in [3.05, 3.63) is 12.2 Å². The van der Waals surface area contributed by atoms with Crippen LogP contribution in [0.4, 0.5) is 0 Å². The second-order valence-corrected chi connectivity index (χ2v) is 9.79. The highest BCUT2D eigenvalue weighted by Gasteiger charge is 2.17. The van der Waals surface area contributed by atoms with Crippen LogP contribution in [0.25, 0.3) is 0 Å². The van der Waals surface area contributed by atoms with Crippen LogP contribution in [0.2, 0.25) is 0 Å². The van der Waals surface area contributed by atoms with Crippen molar-refractivity contribution in [3.63, 3.8) is 0 Å². The SMILES string of the molecule is CCCCCCCCCCC(=O)/C=C\C(=O)OCC[N+](C)(C)CCCS(=O)(=O)O. The number of likely N-dealkylation sites (N-methyl/N-ethyl adjacent to an activating group) is 1. The predicted octanol–water partition coefficient (Wildman–Crippen LogP) is 3.54. The highest BCUT2D eigenvalue weighted by molar-refractivity contribution is 7.85. The van der Waals surface area contributed by atoms with E-state index in [4.69, 9.17) is 9.29 Å². The molecule has 29 heavy (non-hydrogen) atoms. The first-order chi connectivity index (χ1) is 13.6. The smallest absolute Gasteiger partial charge is 0.331 e. The van der Waals surface area contributed by atoms with Crippen molar-refractivity contribution in [2.45, 2.75) is 71.1 Å². The molecule has 0 heterocycles. The monoisotopic (exact) mass is 434 g/mol. The lowest BCUT2D eigenvalue weighted by Gasteiger charge is -2.29. The summed E-state index contributed by atoms with van der Waals surface area (Å²) in [5, 5.41) is 0. The number of esters is 1. The zero-order valence-corrected chi connectivity index (χ0v) is 19.2. The summed E-state index contributed by atoms with van der Waals surface area (Å²) >= 11 is 0. The fourth-order valence-electron chi connectivity index (χ4n) is 2.91. The average molecular weight is 435 g/mol. The third-order valence-electron chi connectivity index (χ3n) is 4.79. The molecule has 7 nitrogen and oxygen atoms in total. The van der Waals surface area contributed by atoms with Gasteiger partial charge >= 0.3 is 5.97 Å². The Balaban J connectivity index is 3.84. The maximum atomic E-state index is 11.8. The molecule has 0 spiro atoms. The molecule has 0 bridgehead atoms. The molecular weight excluding hydrogens is 394 g/mol. The van der Waals surface area contributed by atoms with E-state index >= 15 is 0 Å². The molecule has 8 heteroatoms. The van der Waals surface area contributed by atoms with Crippen LogP contribution < -0.4 is 0 Å². The van der Waals surface area contributed by atoms with Gasteiger partial charge in [0, 0.05) is 18.9 Å². The Morgan fingerprint density at radius 2 is 1.48 bits per heavy atom. The number of allylic oxidation sites excluding steroid dienone is 1. The first-order valence-electron chi connectivity index (χ1n) is 10.7. The number of quaternary nitrogens is 1.